The zero-order valence-corrected chi connectivity index (χ0v) is 14.4. The molecule has 0 amide bonds. The van der Waals surface area contributed by atoms with E-state index in [2.05, 4.69) is 81.8 Å². The molecule has 1 aromatic heterocycles. The summed E-state index contributed by atoms with van der Waals surface area (Å²) in [6.07, 6.45) is 0. The highest BCUT2D eigenvalue weighted by Crippen LogP contribution is 2.40. The highest BCUT2D eigenvalue weighted by atomic mass is 16.3. The maximum absolute atomic E-state index is 6.27. The highest BCUT2D eigenvalue weighted by Gasteiger charge is 2.22. The minimum absolute atomic E-state index is 0.892. The molecule has 0 N–H and O–H groups in total. The van der Waals surface area contributed by atoms with Gasteiger partial charge in [0.25, 0.3) is 0 Å². The fourth-order valence-electron chi connectivity index (χ4n) is 4.65. The van der Waals surface area contributed by atoms with Gasteiger partial charge >= 0.3 is 0 Å². The third-order valence-corrected chi connectivity index (χ3v) is 5.68. The number of fused-ring (bicyclic) bond motifs is 7. The average molecular weight is 346 g/mol. The summed E-state index contributed by atoms with van der Waals surface area (Å²) in [5, 5.41) is 2.56. The number of benzene rings is 4. The Morgan fingerprint density at radius 1 is 0.519 bits per heavy atom. The van der Waals surface area contributed by atoms with Crippen molar-refractivity contribution in [1.29, 1.82) is 0 Å². The lowest BCUT2D eigenvalue weighted by molar-refractivity contribution is 0.647. The Kier molecular flexibility index (Phi) is 2.25. The summed E-state index contributed by atoms with van der Waals surface area (Å²) in [7, 11) is 0. The van der Waals surface area contributed by atoms with E-state index in [1.165, 1.54) is 27.3 Å². The smallest absolute Gasteiger partial charge is 0.153 e. The van der Waals surface area contributed by atoms with Crippen LogP contribution in [0.3, 0.4) is 0 Å². The van der Waals surface area contributed by atoms with E-state index < -0.39 is 0 Å². The molecule has 0 saturated carbocycles. The van der Waals surface area contributed by atoms with Gasteiger partial charge in [0, 0.05) is 10.8 Å². The van der Waals surface area contributed by atoms with Crippen molar-refractivity contribution in [2.75, 3.05) is 0 Å². The average Bonchev–Trinajstić information content (AvgIpc) is 3.07. The van der Waals surface area contributed by atoms with Gasteiger partial charge in [0.15, 0.2) is 11.2 Å². The van der Waals surface area contributed by atoms with Gasteiger partial charge in [0.1, 0.15) is 5.69 Å². The summed E-state index contributed by atoms with van der Waals surface area (Å²) in [5.41, 5.74) is 8.81. The Morgan fingerprint density at radius 2 is 1.19 bits per heavy atom. The van der Waals surface area contributed by atoms with Crippen molar-refractivity contribution >= 4 is 49.5 Å². The zero-order valence-electron chi connectivity index (χ0n) is 14.4. The van der Waals surface area contributed by atoms with Crippen LogP contribution < -0.4 is 0 Å². The summed E-state index contributed by atoms with van der Waals surface area (Å²) in [4.78, 5) is 0. The fraction of sp³-hybridized carbons (Fsp3) is 0. The molecule has 0 spiro atoms. The van der Waals surface area contributed by atoms with Crippen LogP contribution in [0.2, 0.25) is 0 Å². The van der Waals surface area contributed by atoms with Crippen molar-refractivity contribution in [2.45, 2.75) is 0 Å². The highest BCUT2D eigenvalue weighted by molar-refractivity contribution is 6.16. The van der Waals surface area contributed by atoms with Crippen molar-refractivity contribution in [3.63, 3.8) is 0 Å². The molecule has 126 valence electrons. The quantitative estimate of drug-likeness (QED) is 0.231. The van der Waals surface area contributed by atoms with E-state index in [1.807, 2.05) is 12.1 Å². The van der Waals surface area contributed by atoms with Gasteiger partial charge in [0.2, 0.25) is 0 Å². The number of hydrogen-bond donors (Lipinski definition) is 0. The second-order valence-corrected chi connectivity index (χ2v) is 7.05. The van der Waals surface area contributed by atoms with Crippen LogP contribution in [0.5, 0.6) is 0 Å². The minimum Gasteiger partial charge on any atom is -0.453 e. The van der Waals surface area contributed by atoms with Gasteiger partial charge in [-0.1, -0.05) is 48.5 Å². The SMILES string of the molecule is c1ccc2c(c1)oc1cccc3c1-n2c1cccc2c4ccccc4n3c21. The first-order valence-corrected chi connectivity index (χ1v) is 9.14. The molecule has 0 radical (unpaired) electrons. The Balaban J connectivity index is 1.98. The molecule has 0 bridgehead atoms. The lowest BCUT2D eigenvalue weighted by Crippen LogP contribution is -2.07. The van der Waals surface area contributed by atoms with E-state index in [1.54, 1.807) is 0 Å². The lowest BCUT2D eigenvalue weighted by atomic mass is 10.1. The van der Waals surface area contributed by atoms with E-state index >= 15 is 0 Å². The first-order valence-electron chi connectivity index (χ1n) is 9.14. The summed E-state index contributed by atoms with van der Waals surface area (Å²) >= 11 is 0. The molecule has 7 rings (SSSR count). The van der Waals surface area contributed by atoms with E-state index in [0.29, 0.717) is 0 Å². The van der Waals surface area contributed by atoms with Gasteiger partial charge in [-0.05, 0) is 36.4 Å². The van der Waals surface area contributed by atoms with Crippen LogP contribution in [-0.2, 0) is 0 Å². The topological polar surface area (TPSA) is 22.5 Å². The van der Waals surface area contributed by atoms with Crippen LogP contribution >= 0.6 is 0 Å². The zero-order chi connectivity index (χ0) is 17.5. The minimum atomic E-state index is 0.892. The number of nitrogens with zero attached hydrogens (tertiary/aromatic N) is 2. The van der Waals surface area contributed by atoms with Crippen LogP contribution in [0.15, 0.2) is 89.3 Å². The molecular weight excluding hydrogens is 332 g/mol. The maximum Gasteiger partial charge on any atom is 0.153 e. The Morgan fingerprint density at radius 3 is 2.15 bits per heavy atom. The summed E-state index contributed by atoms with van der Waals surface area (Å²) in [5.74, 6) is 0. The monoisotopic (exact) mass is 346 g/mol. The third-order valence-electron chi connectivity index (χ3n) is 5.68. The molecule has 0 saturated heterocycles. The molecule has 2 aliphatic heterocycles. The third kappa shape index (κ3) is 1.50. The Hall–Kier alpha value is -3.72. The van der Waals surface area contributed by atoms with Gasteiger partial charge in [-0.3, -0.25) is 4.57 Å². The van der Waals surface area contributed by atoms with Crippen molar-refractivity contribution < 1.29 is 4.42 Å². The Bertz CT molecular complexity index is 1630. The first kappa shape index (κ1) is 13.5. The van der Waals surface area contributed by atoms with E-state index in [0.717, 1.165) is 27.9 Å². The van der Waals surface area contributed by atoms with Gasteiger partial charge in [-0.25, -0.2) is 0 Å². The predicted molar refractivity (Wildman–Crippen MR) is 110 cm³/mol. The maximum atomic E-state index is 6.27. The molecule has 0 unspecified atom stereocenters. The van der Waals surface area contributed by atoms with E-state index in [9.17, 15) is 0 Å². The molecule has 27 heavy (non-hydrogen) atoms. The van der Waals surface area contributed by atoms with Crippen molar-refractivity contribution in [1.82, 2.24) is 8.97 Å². The molecular formula is C24H14N2O. The molecule has 3 heteroatoms. The van der Waals surface area contributed by atoms with Crippen LogP contribution in [0, 0.1) is 0 Å². The first-order chi connectivity index (χ1) is 13.4. The van der Waals surface area contributed by atoms with Gasteiger partial charge in [-0.2, -0.15) is 0 Å². The van der Waals surface area contributed by atoms with Crippen LogP contribution in [0.4, 0.5) is 0 Å². The van der Waals surface area contributed by atoms with E-state index in [4.69, 9.17) is 4.42 Å². The number of para-hydroxylation sites is 5. The van der Waals surface area contributed by atoms with Gasteiger partial charge in [0.05, 0.1) is 27.6 Å². The largest absolute Gasteiger partial charge is 0.453 e. The van der Waals surface area contributed by atoms with Crippen molar-refractivity contribution in [2.24, 2.45) is 0 Å². The molecule has 3 heterocycles. The lowest BCUT2D eigenvalue weighted by Gasteiger charge is -2.21. The van der Waals surface area contributed by atoms with Crippen LogP contribution in [0.25, 0.3) is 55.2 Å². The van der Waals surface area contributed by atoms with Gasteiger partial charge < -0.3 is 8.82 Å². The van der Waals surface area contributed by atoms with Crippen LogP contribution in [0.1, 0.15) is 0 Å². The second kappa shape index (κ2) is 4.51. The fourth-order valence-corrected chi connectivity index (χ4v) is 4.65. The molecule has 0 atom stereocenters. The number of aromatic nitrogens is 2. The van der Waals surface area contributed by atoms with E-state index in [-0.39, 0.29) is 0 Å². The molecule has 4 aromatic carbocycles. The molecule has 5 aromatic rings. The normalized spacial score (nSPS) is 12.4. The summed E-state index contributed by atoms with van der Waals surface area (Å²) < 4.78 is 11.0. The Labute approximate surface area is 154 Å². The second-order valence-electron chi connectivity index (χ2n) is 7.05. The molecule has 0 aliphatic carbocycles. The summed E-state index contributed by atoms with van der Waals surface area (Å²) in [6, 6.07) is 29.8. The van der Waals surface area contributed by atoms with Crippen molar-refractivity contribution in [3.05, 3.63) is 84.9 Å². The molecule has 3 nitrogen and oxygen atoms in total. The van der Waals surface area contributed by atoms with Gasteiger partial charge in [-0.15, -0.1) is 0 Å². The molecule has 0 fully saturated rings. The summed E-state index contributed by atoms with van der Waals surface area (Å²) in [6.45, 7) is 0. The standard InChI is InChI=1S/C24H14N2O/c1-2-9-17-15(7-1)16-8-5-11-19-23(16)25(17)20-12-6-14-22-24(20)26(19)18-10-3-4-13-21(18)27-22/h1-14H. The number of hydrogen-bond acceptors (Lipinski definition) is 1. The molecule has 2 aliphatic rings. The predicted octanol–water partition coefficient (Wildman–Crippen LogP) is 6.37. The van der Waals surface area contributed by atoms with Crippen LogP contribution in [-0.4, -0.2) is 8.97 Å². The number of rotatable bonds is 0. The van der Waals surface area contributed by atoms with Crippen molar-refractivity contribution in [3.8, 4) is 5.69 Å².